The van der Waals surface area contributed by atoms with Crippen molar-refractivity contribution in [3.05, 3.63) is 60.2 Å². The topological polar surface area (TPSA) is 87.0 Å². The summed E-state index contributed by atoms with van der Waals surface area (Å²) >= 11 is 0. The third-order valence-electron chi connectivity index (χ3n) is 4.85. The van der Waals surface area contributed by atoms with Gasteiger partial charge >= 0.3 is 5.97 Å². The molecule has 0 radical (unpaired) electrons. The fourth-order valence-corrected chi connectivity index (χ4v) is 3.24. The van der Waals surface area contributed by atoms with E-state index in [0.29, 0.717) is 12.0 Å². The van der Waals surface area contributed by atoms with Crippen LogP contribution in [0, 0.1) is 0 Å². The molecule has 0 aliphatic carbocycles. The number of carbonyl (C=O) groups is 2. The largest absolute Gasteiger partial charge is 0.469 e. The number of amides is 1. The van der Waals surface area contributed by atoms with E-state index in [9.17, 15) is 9.59 Å². The first-order valence-electron chi connectivity index (χ1n) is 9.58. The molecule has 0 aliphatic heterocycles. The van der Waals surface area contributed by atoms with Crippen molar-refractivity contribution >= 4 is 22.8 Å². The van der Waals surface area contributed by atoms with Crippen LogP contribution in [0.1, 0.15) is 23.2 Å². The summed E-state index contributed by atoms with van der Waals surface area (Å²) in [7, 11) is 4.28. The van der Waals surface area contributed by atoms with Gasteiger partial charge < -0.3 is 23.9 Å². The second kappa shape index (κ2) is 10.0. The normalized spacial score (nSPS) is 12.1. The molecule has 0 bridgehead atoms. The standard InChI is InChI=1S/C23H25NO6/c1-27-21(25)13-12-18(23(28-2)29-3)24-22(26)16-10-8-15(9-11-16)20-14-17-6-4-5-7-19(17)30-20/h4-11,14,18,23H,12-13H2,1-3H3,(H,24,26)/t18-/m0/s1. The highest BCUT2D eigenvalue weighted by Crippen LogP contribution is 2.27. The van der Waals surface area contributed by atoms with E-state index in [1.807, 2.05) is 42.5 Å². The summed E-state index contributed by atoms with van der Waals surface area (Å²) in [6.07, 6.45) is -0.231. The zero-order chi connectivity index (χ0) is 21.5. The van der Waals surface area contributed by atoms with Crippen LogP contribution in [-0.2, 0) is 19.0 Å². The van der Waals surface area contributed by atoms with E-state index >= 15 is 0 Å². The van der Waals surface area contributed by atoms with E-state index in [2.05, 4.69) is 10.1 Å². The zero-order valence-electron chi connectivity index (χ0n) is 17.2. The van der Waals surface area contributed by atoms with Crippen LogP contribution in [0.25, 0.3) is 22.3 Å². The van der Waals surface area contributed by atoms with Gasteiger partial charge in [-0.1, -0.05) is 30.3 Å². The molecule has 7 heteroatoms. The van der Waals surface area contributed by atoms with Crippen molar-refractivity contribution < 1.29 is 28.2 Å². The lowest BCUT2D eigenvalue weighted by atomic mass is 10.1. The van der Waals surface area contributed by atoms with Gasteiger partial charge in [0.25, 0.3) is 5.91 Å². The van der Waals surface area contributed by atoms with Crippen molar-refractivity contribution in [3.63, 3.8) is 0 Å². The minimum Gasteiger partial charge on any atom is -0.469 e. The lowest BCUT2D eigenvalue weighted by molar-refractivity contribution is -0.143. The first-order chi connectivity index (χ1) is 14.5. The highest BCUT2D eigenvalue weighted by Gasteiger charge is 2.24. The fraction of sp³-hybridized carbons (Fsp3) is 0.304. The number of benzene rings is 2. The van der Waals surface area contributed by atoms with Gasteiger partial charge in [0.2, 0.25) is 0 Å². The van der Waals surface area contributed by atoms with Crippen LogP contribution in [0.5, 0.6) is 0 Å². The maximum Gasteiger partial charge on any atom is 0.305 e. The number of furan rings is 1. The quantitative estimate of drug-likeness (QED) is 0.426. The number of rotatable bonds is 9. The van der Waals surface area contributed by atoms with E-state index in [-0.39, 0.29) is 18.3 Å². The Hall–Kier alpha value is -3.16. The molecule has 1 heterocycles. The molecule has 0 spiro atoms. The van der Waals surface area contributed by atoms with Gasteiger partial charge in [-0.05, 0) is 30.7 Å². The zero-order valence-corrected chi connectivity index (χ0v) is 17.2. The second-order valence-electron chi connectivity index (χ2n) is 6.76. The van der Waals surface area contributed by atoms with Gasteiger partial charge in [-0.2, -0.15) is 0 Å². The molecule has 0 aliphatic rings. The van der Waals surface area contributed by atoms with Crippen molar-refractivity contribution in [2.45, 2.75) is 25.2 Å². The van der Waals surface area contributed by atoms with Crippen LogP contribution in [0.4, 0.5) is 0 Å². The molecule has 158 valence electrons. The number of hydrogen-bond donors (Lipinski definition) is 1. The summed E-state index contributed by atoms with van der Waals surface area (Å²) in [6.45, 7) is 0. The molecule has 1 amide bonds. The number of esters is 1. The predicted molar refractivity (Wildman–Crippen MR) is 112 cm³/mol. The third-order valence-corrected chi connectivity index (χ3v) is 4.85. The van der Waals surface area contributed by atoms with Gasteiger partial charge in [-0.15, -0.1) is 0 Å². The molecule has 1 aromatic heterocycles. The first-order valence-corrected chi connectivity index (χ1v) is 9.58. The van der Waals surface area contributed by atoms with Crippen LogP contribution >= 0.6 is 0 Å². The predicted octanol–water partition coefficient (Wildman–Crippen LogP) is 3.77. The number of hydrogen-bond acceptors (Lipinski definition) is 6. The number of methoxy groups -OCH3 is 3. The fourth-order valence-electron chi connectivity index (χ4n) is 3.24. The molecule has 1 N–H and O–H groups in total. The molecule has 2 aromatic carbocycles. The van der Waals surface area contributed by atoms with Crippen LogP contribution in [0.3, 0.4) is 0 Å². The van der Waals surface area contributed by atoms with Crippen molar-refractivity contribution in [3.8, 4) is 11.3 Å². The summed E-state index contributed by atoms with van der Waals surface area (Å²) in [5.74, 6) is 0.0773. The maximum absolute atomic E-state index is 12.7. The van der Waals surface area contributed by atoms with E-state index in [4.69, 9.17) is 13.9 Å². The summed E-state index contributed by atoms with van der Waals surface area (Å²) < 4.78 is 21.1. The van der Waals surface area contributed by atoms with Crippen LogP contribution < -0.4 is 5.32 Å². The van der Waals surface area contributed by atoms with Crippen LogP contribution in [0.15, 0.2) is 59.0 Å². The third kappa shape index (κ3) is 5.06. The molecule has 1 atom stereocenters. The highest BCUT2D eigenvalue weighted by atomic mass is 16.7. The van der Waals surface area contributed by atoms with Crippen molar-refractivity contribution in [1.29, 1.82) is 0 Å². The molecule has 30 heavy (non-hydrogen) atoms. The summed E-state index contributed by atoms with van der Waals surface area (Å²) in [5.41, 5.74) is 2.16. The van der Waals surface area contributed by atoms with Gasteiger partial charge in [0.05, 0.1) is 13.2 Å². The second-order valence-corrected chi connectivity index (χ2v) is 6.76. The monoisotopic (exact) mass is 411 g/mol. The molecular formula is C23H25NO6. The van der Waals surface area contributed by atoms with Gasteiger partial charge in [0.15, 0.2) is 6.29 Å². The molecule has 3 aromatic rings. The number of fused-ring (bicyclic) bond motifs is 1. The summed E-state index contributed by atoms with van der Waals surface area (Å²) in [5, 5.41) is 3.90. The summed E-state index contributed by atoms with van der Waals surface area (Å²) in [4.78, 5) is 24.2. The minimum absolute atomic E-state index is 0.135. The van der Waals surface area contributed by atoms with Gasteiger partial charge in [-0.25, -0.2) is 0 Å². The van der Waals surface area contributed by atoms with Crippen molar-refractivity contribution in [1.82, 2.24) is 5.32 Å². The van der Waals surface area contributed by atoms with Gasteiger partial charge in [0.1, 0.15) is 11.3 Å². The number of para-hydroxylation sites is 1. The lowest BCUT2D eigenvalue weighted by Crippen LogP contribution is -2.45. The Morgan fingerprint density at radius 2 is 1.70 bits per heavy atom. The van der Waals surface area contributed by atoms with E-state index in [0.717, 1.165) is 22.3 Å². The minimum atomic E-state index is -0.687. The van der Waals surface area contributed by atoms with E-state index in [1.54, 1.807) is 12.1 Å². The highest BCUT2D eigenvalue weighted by molar-refractivity contribution is 5.95. The van der Waals surface area contributed by atoms with Crippen LogP contribution in [-0.4, -0.2) is 45.5 Å². The number of ether oxygens (including phenoxy) is 3. The maximum atomic E-state index is 12.7. The SMILES string of the molecule is COC(=O)CC[C@H](NC(=O)c1ccc(-c2cc3ccccc3o2)cc1)C(OC)OC. The Labute approximate surface area is 174 Å². The van der Waals surface area contributed by atoms with E-state index in [1.165, 1.54) is 21.3 Å². The smallest absolute Gasteiger partial charge is 0.305 e. The number of nitrogens with one attached hydrogen (secondary N) is 1. The Kier molecular flexibility index (Phi) is 7.21. The average molecular weight is 411 g/mol. The molecule has 0 saturated heterocycles. The summed E-state index contributed by atoms with van der Waals surface area (Å²) in [6, 6.07) is 16.4. The molecule has 0 saturated carbocycles. The Morgan fingerprint density at radius 1 is 1.00 bits per heavy atom. The van der Waals surface area contributed by atoms with E-state index < -0.39 is 12.3 Å². The van der Waals surface area contributed by atoms with Crippen LogP contribution in [0.2, 0.25) is 0 Å². The first kappa shape index (κ1) is 21.5. The van der Waals surface area contributed by atoms with Crippen molar-refractivity contribution in [2.24, 2.45) is 0 Å². The van der Waals surface area contributed by atoms with Gasteiger partial charge in [0, 0.05) is 37.2 Å². The lowest BCUT2D eigenvalue weighted by Gasteiger charge is -2.25. The molecular weight excluding hydrogens is 386 g/mol. The average Bonchev–Trinajstić information content (AvgIpc) is 3.22. The Balaban J connectivity index is 1.72. The van der Waals surface area contributed by atoms with Gasteiger partial charge in [-0.3, -0.25) is 9.59 Å². The molecule has 0 fully saturated rings. The Morgan fingerprint density at radius 3 is 2.33 bits per heavy atom. The van der Waals surface area contributed by atoms with Crippen molar-refractivity contribution in [2.75, 3.05) is 21.3 Å². The molecule has 0 unspecified atom stereocenters. The Bertz CT molecular complexity index is 957. The number of carbonyl (C=O) groups excluding carboxylic acids is 2. The molecule has 3 rings (SSSR count). The molecule has 7 nitrogen and oxygen atoms in total.